The average molecular weight is 278 g/mol. The van der Waals surface area contributed by atoms with Crippen LogP contribution in [0.5, 0.6) is 0 Å². The van der Waals surface area contributed by atoms with Crippen LogP contribution in [0, 0.1) is 11.7 Å². The van der Waals surface area contributed by atoms with Crippen LogP contribution in [0.15, 0.2) is 29.3 Å². The van der Waals surface area contributed by atoms with E-state index in [4.69, 9.17) is 5.73 Å². The molecule has 0 heterocycles. The van der Waals surface area contributed by atoms with Crippen LogP contribution in [0.1, 0.15) is 25.7 Å². The molecule has 0 unspecified atom stereocenters. The summed E-state index contributed by atoms with van der Waals surface area (Å²) in [5.74, 6) is 1.05. The molecule has 0 aliphatic heterocycles. The van der Waals surface area contributed by atoms with Crippen molar-refractivity contribution in [3.63, 3.8) is 0 Å². The lowest BCUT2D eigenvalue weighted by Gasteiger charge is -2.23. The predicted molar refractivity (Wildman–Crippen MR) is 81.3 cm³/mol. The number of hydrogen-bond acceptors (Lipinski definition) is 2. The Morgan fingerprint density at radius 3 is 2.90 bits per heavy atom. The Hall–Kier alpha value is -1.78. The molecule has 1 aromatic rings. The van der Waals surface area contributed by atoms with Crippen LogP contribution in [0.4, 0.5) is 10.1 Å². The molecular weight excluding hydrogens is 255 g/mol. The van der Waals surface area contributed by atoms with E-state index < -0.39 is 0 Å². The molecule has 0 atom stereocenters. The zero-order valence-corrected chi connectivity index (χ0v) is 11.7. The second-order valence-corrected chi connectivity index (χ2v) is 5.24. The van der Waals surface area contributed by atoms with Crippen LogP contribution in [0.2, 0.25) is 0 Å². The molecule has 0 aromatic heterocycles. The molecule has 0 amide bonds. The van der Waals surface area contributed by atoms with E-state index >= 15 is 0 Å². The molecule has 0 saturated heterocycles. The van der Waals surface area contributed by atoms with E-state index in [1.54, 1.807) is 6.07 Å². The standard InChI is InChI=1S/C15H23FN4/c16-13-6-2-7-14(10-13)18-8-3-9-19-15(17)20-11-12-4-1-5-12/h2,6-7,10,12,18H,1,3-5,8-9,11H2,(H3,17,19,20). The summed E-state index contributed by atoms with van der Waals surface area (Å²) in [7, 11) is 0. The van der Waals surface area contributed by atoms with Crippen molar-refractivity contribution in [1.29, 1.82) is 0 Å². The van der Waals surface area contributed by atoms with Gasteiger partial charge in [-0.15, -0.1) is 0 Å². The first kappa shape index (κ1) is 14.6. The number of guanidine groups is 1. The molecule has 110 valence electrons. The van der Waals surface area contributed by atoms with Crippen LogP contribution in [0.25, 0.3) is 0 Å². The second kappa shape index (κ2) is 7.72. The highest BCUT2D eigenvalue weighted by Crippen LogP contribution is 2.26. The maximum atomic E-state index is 12.9. The minimum absolute atomic E-state index is 0.222. The number of nitrogens with zero attached hydrogens (tertiary/aromatic N) is 1. The molecule has 1 saturated carbocycles. The Bertz CT molecular complexity index is 443. The van der Waals surface area contributed by atoms with Gasteiger partial charge in [-0.25, -0.2) is 4.39 Å². The van der Waals surface area contributed by atoms with Gasteiger partial charge < -0.3 is 16.4 Å². The molecule has 4 nitrogen and oxygen atoms in total. The van der Waals surface area contributed by atoms with Crippen LogP contribution < -0.4 is 16.4 Å². The van der Waals surface area contributed by atoms with E-state index in [-0.39, 0.29) is 5.82 Å². The number of aliphatic imine (C=N–C) groups is 1. The lowest BCUT2D eigenvalue weighted by molar-refractivity contribution is 0.326. The second-order valence-electron chi connectivity index (χ2n) is 5.24. The third-order valence-corrected chi connectivity index (χ3v) is 3.56. The van der Waals surface area contributed by atoms with Gasteiger partial charge in [0.05, 0.1) is 0 Å². The third-order valence-electron chi connectivity index (χ3n) is 3.56. The first-order valence-electron chi connectivity index (χ1n) is 7.27. The lowest BCUT2D eigenvalue weighted by atomic mass is 9.86. The Morgan fingerprint density at radius 1 is 1.35 bits per heavy atom. The monoisotopic (exact) mass is 278 g/mol. The predicted octanol–water partition coefficient (Wildman–Crippen LogP) is 2.33. The number of halogens is 1. The van der Waals surface area contributed by atoms with Crippen molar-refractivity contribution in [3.05, 3.63) is 30.1 Å². The normalized spacial score (nSPS) is 15.8. The summed E-state index contributed by atoms with van der Waals surface area (Å²) in [5.41, 5.74) is 6.59. The number of rotatable bonds is 7. The number of hydrogen-bond donors (Lipinski definition) is 3. The Labute approximate surface area is 119 Å². The Kier molecular flexibility index (Phi) is 5.65. The highest BCUT2D eigenvalue weighted by molar-refractivity contribution is 5.77. The van der Waals surface area contributed by atoms with Gasteiger partial charge in [-0.05, 0) is 43.4 Å². The summed E-state index contributed by atoms with van der Waals surface area (Å²) >= 11 is 0. The average Bonchev–Trinajstić information content (AvgIpc) is 2.36. The van der Waals surface area contributed by atoms with Gasteiger partial charge in [0.1, 0.15) is 5.82 Å². The summed E-state index contributed by atoms with van der Waals surface area (Å²) in [6.07, 6.45) is 4.80. The van der Waals surface area contributed by atoms with Crippen molar-refractivity contribution in [2.75, 3.05) is 25.0 Å². The maximum Gasteiger partial charge on any atom is 0.188 e. The van der Waals surface area contributed by atoms with Crippen molar-refractivity contribution >= 4 is 11.6 Å². The summed E-state index contributed by atoms with van der Waals surface area (Å²) in [5, 5.41) is 6.26. The minimum Gasteiger partial charge on any atom is -0.385 e. The van der Waals surface area contributed by atoms with E-state index in [9.17, 15) is 4.39 Å². The van der Waals surface area contributed by atoms with E-state index in [0.29, 0.717) is 5.96 Å². The molecular formula is C15H23FN4. The molecule has 1 fully saturated rings. The van der Waals surface area contributed by atoms with E-state index in [1.807, 2.05) is 6.07 Å². The van der Waals surface area contributed by atoms with E-state index in [2.05, 4.69) is 15.6 Å². The van der Waals surface area contributed by atoms with Gasteiger partial charge in [0.2, 0.25) is 0 Å². The van der Waals surface area contributed by atoms with Crippen molar-refractivity contribution in [3.8, 4) is 0 Å². The molecule has 4 N–H and O–H groups in total. The first-order chi connectivity index (χ1) is 9.74. The minimum atomic E-state index is -0.222. The molecule has 20 heavy (non-hydrogen) atoms. The summed E-state index contributed by atoms with van der Waals surface area (Å²) < 4.78 is 12.9. The quantitative estimate of drug-likeness (QED) is 0.407. The van der Waals surface area contributed by atoms with Crippen LogP contribution in [-0.4, -0.2) is 25.6 Å². The fraction of sp³-hybridized carbons (Fsp3) is 0.533. The number of anilines is 1. The smallest absolute Gasteiger partial charge is 0.188 e. The summed E-state index contributed by atoms with van der Waals surface area (Å²) in [4.78, 5) is 4.33. The van der Waals surface area contributed by atoms with Crippen LogP contribution in [0.3, 0.4) is 0 Å². The summed E-state index contributed by atoms with van der Waals surface area (Å²) in [6, 6.07) is 6.47. The van der Waals surface area contributed by atoms with Gasteiger partial charge in [0.15, 0.2) is 5.96 Å². The zero-order chi connectivity index (χ0) is 14.2. The SMILES string of the molecule is NC(=NCC1CCC1)NCCCNc1cccc(F)c1. The Balaban J connectivity index is 1.54. The third kappa shape index (κ3) is 5.07. The number of nitrogens with two attached hydrogens (primary N) is 1. The molecule has 5 heteroatoms. The van der Waals surface area contributed by atoms with Crippen molar-refractivity contribution < 1.29 is 4.39 Å². The van der Waals surface area contributed by atoms with Gasteiger partial charge in [-0.2, -0.15) is 0 Å². The molecule has 0 radical (unpaired) electrons. The van der Waals surface area contributed by atoms with Gasteiger partial charge in [0, 0.05) is 25.3 Å². The summed E-state index contributed by atoms with van der Waals surface area (Å²) in [6.45, 7) is 2.38. The first-order valence-corrected chi connectivity index (χ1v) is 7.27. The van der Waals surface area contributed by atoms with Gasteiger partial charge in [0.25, 0.3) is 0 Å². The number of nitrogens with one attached hydrogen (secondary N) is 2. The lowest BCUT2D eigenvalue weighted by Crippen LogP contribution is -2.34. The zero-order valence-electron chi connectivity index (χ0n) is 11.7. The molecule has 1 aromatic carbocycles. The molecule has 0 bridgehead atoms. The van der Waals surface area contributed by atoms with Crippen molar-refractivity contribution in [1.82, 2.24) is 5.32 Å². The van der Waals surface area contributed by atoms with Gasteiger partial charge >= 0.3 is 0 Å². The van der Waals surface area contributed by atoms with E-state index in [1.165, 1.54) is 31.4 Å². The fourth-order valence-electron chi connectivity index (χ4n) is 2.09. The fourth-order valence-corrected chi connectivity index (χ4v) is 2.09. The highest BCUT2D eigenvalue weighted by atomic mass is 19.1. The largest absolute Gasteiger partial charge is 0.385 e. The Morgan fingerprint density at radius 2 is 2.20 bits per heavy atom. The maximum absolute atomic E-state index is 12.9. The molecule has 1 aliphatic rings. The molecule has 2 rings (SSSR count). The molecule has 1 aliphatic carbocycles. The molecule has 0 spiro atoms. The topological polar surface area (TPSA) is 62.4 Å². The number of benzene rings is 1. The van der Waals surface area contributed by atoms with E-state index in [0.717, 1.165) is 37.7 Å². The van der Waals surface area contributed by atoms with Crippen LogP contribution >= 0.6 is 0 Å². The highest BCUT2D eigenvalue weighted by Gasteiger charge is 2.16. The van der Waals surface area contributed by atoms with Crippen molar-refractivity contribution in [2.24, 2.45) is 16.6 Å². The van der Waals surface area contributed by atoms with Gasteiger partial charge in [-0.3, -0.25) is 4.99 Å². The van der Waals surface area contributed by atoms with Crippen LogP contribution in [-0.2, 0) is 0 Å². The van der Waals surface area contributed by atoms with Gasteiger partial charge in [-0.1, -0.05) is 12.5 Å². The van der Waals surface area contributed by atoms with Crippen molar-refractivity contribution in [2.45, 2.75) is 25.7 Å².